The summed E-state index contributed by atoms with van der Waals surface area (Å²) in [5.41, 5.74) is 4.89. The first-order valence-electron chi connectivity index (χ1n) is 9.91. The van der Waals surface area contributed by atoms with Crippen molar-refractivity contribution in [3.8, 4) is 18.2 Å². The number of nitrogens with zero attached hydrogens (tertiary/aromatic N) is 3. The van der Waals surface area contributed by atoms with E-state index < -0.39 is 10.8 Å². The lowest BCUT2D eigenvalue weighted by Gasteiger charge is -2.26. The first-order valence-corrected chi connectivity index (χ1v) is 9.91. The second-order valence-electron chi connectivity index (χ2n) is 9.13. The molecule has 0 amide bonds. The van der Waals surface area contributed by atoms with Gasteiger partial charge < -0.3 is 0 Å². The van der Waals surface area contributed by atoms with Gasteiger partial charge in [0.05, 0.1) is 35.0 Å². The summed E-state index contributed by atoms with van der Waals surface area (Å²) in [6.45, 7) is 13.6. The van der Waals surface area contributed by atoms with Crippen LogP contribution < -0.4 is 0 Å². The van der Waals surface area contributed by atoms with E-state index in [-0.39, 0.29) is 11.8 Å². The van der Waals surface area contributed by atoms with Crippen LogP contribution in [0.3, 0.4) is 0 Å². The van der Waals surface area contributed by atoms with Gasteiger partial charge in [-0.15, -0.1) is 0 Å². The Hall–Kier alpha value is -3.09. The van der Waals surface area contributed by atoms with Crippen LogP contribution in [0.2, 0.25) is 0 Å². The molecule has 1 unspecified atom stereocenters. The third kappa shape index (κ3) is 4.67. The van der Waals surface area contributed by atoms with Crippen molar-refractivity contribution in [3.63, 3.8) is 0 Å². The summed E-state index contributed by atoms with van der Waals surface area (Å²) in [6.07, 6.45) is 0. The maximum Gasteiger partial charge on any atom is 0.0766 e. The lowest BCUT2D eigenvalue weighted by atomic mass is 9.76. The van der Waals surface area contributed by atoms with Gasteiger partial charge in [-0.25, -0.2) is 0 Å². The molecule has 148 valence electrons. The molecule has 0 spiro atoms. The Balaban J connectivity index is 2.75. The molecule has 0 fully saturated rings. The fourth-order valence-corrected chi connectivity index (χ4v) is 3.68. The highest BCUT2D eigenvalue weighted by molar-refractivity contribution is 5.46. The fraction of sp³-hybridized carbons (Fsp3) is 0.423. The molecule has 0 aliphatic rings. The van der Waals surface area contributed by atoms with Gasteiger partial charge in [-0.3, -0.25) is 0 Å². The molecule has 0 aliphatic carbocycles. The van der Waals surface area contributed by atoms with Crippen LogP contribution in [0.5, 0.6) is 0 Å². The van der Waals surface area contributed by atoms with E-state index in [9.17, 15) is 15.8 Å². The average molecular weight is 384 g/mol. The minimum absolute atomic E-state index is 0.138. The molecule has 0 bridgehead atoms. The molecule has 2 aromatic carbocycles. The van der Waals surface area contributed by atoms with Crippen molar-refractivity contribution in [3.05, 3.63) is 69.8 Å². The zero-order valence-electron chi connectivity index (χ0n) is 18.5. The van der Waals surface area contributed by atoms with E-state index >= 15 is 0 Å². The van der Waals surface area contributed by atoms with Gasteiger partial charge in [0.15, 0.2) is 0 Å². The number of nitriles is 3. The number of rotatable bonds is 5. The SMILES string of the molecule is Cc1cc(C(c2cc(C)cc(C(C)(C)C#N)c2)C(C)C#N)cc(C(C)(C)C#N)c1. The van der Waals surface area contributed by atoms with E-state index in [0.29, 0.717) is 0 Å². The predicted molar refractivity (Wildman–Crippen MR) is 116 cm³/mol. The van der Waals surface area contributed by atoms with E-state index in [2.05, 4.69) is 42.5 Å². The molecule has 3 heteroatoms. The van der Waals surface area contributed by atoms with Crippen molar-refractivity contribution in [1.82, 2.24) is 0 Å². The molecule has 0 aromatic heterocycles. The van der Waals surface area contributed by atoms with Crippen molar-refractivity contribution in [1.29, 1.82) is 15.8 Å². The third-order valence-electron chi connectivity index (χ3n) is 5.62. The Morgan fingerprint density at radius 2 is 1.07 bits per heavy atom. The molecule has 0 radical (unpaired) electrons. The number of hydrogen-bond donors (Lipinski definition) is 0. The Bertz CT molecular complexity index is 964. The lowest BCUT2D eigenvalue weighted by Crippen LogP contribution is -2.18. The van der Waals surface area contributed by atoms with Crippen LogP contribution in [0.4, 0.5) is 0 Å². The molecule has 0 aliphatic heterocycles. The van der Waals surface area contributed by atoms with Gasteiger partial charge in [-0.05, 0) is 70.7 Å². The Kier molecular flexibility index (Phi) is 6.21. The van der Waals surface area contributed by atoms with E-state index in [0.717, 1.165) is 33.4 Å². The summed E-state index contributed by atoms with van der Waals surface area (Å²) in [4.78, 5) is 0. The summed E-state index contributed by atoms with van der Waals surface area (Å²) >= 11 is 0. The van der Waals surface area contributed by atoms with Crippen molar-refractivity contribution in [2.75, 3.05) is 0 Å². The van der Waals surface area contributed by atoms with Gasteiger partial charge in [0.25, 0.3) is 0 Å². The van der Waals surface area contributed by atoms with E-state index in [1.54, 1.807) is 0 Å². The van der Waals surface area contributed by atoms with E-state index in [1.165, 1.54) is 0 Å². The summed E-state index contributed by atoms with van der Waals surface area (Å²) in [6, 6.07) is 19.6. The maximum absolute atomic E-state index is 9.76. The van der Waals surface area contributed by atoms with Gasteiger partial charge in [0.2, 0.25) is 0 Å². The van der Waals surface area contributed by atoms with Crippen LogP contribution in [0, 0.1) is 53.8 Å². The molecular weight excluding hydrogens is 354 g/mol. The third-order valence-corrected chi connectivity index (χ3v) is 5.62. The number of hydrogen-bond acceptors (Lipinski definition) is 3. The Morgan fingerprint density at radius 1 is 0.690 bits per heavy atom. The Labute approximate surface area is 175 Å². The summed E-state index contributed by atoms with van der Waals surface area (Å²) in [7, 11) is 0. The minimum Gasteiger partial charge on any atom is -0.198 e. The Morgan fingerprint density at radius 3 is 1.38 bits per heavy atom. The molecule has 2 rings (SSSR count). The highest BCUT2D eigenvalue weighted by Crippen LogP contribution is 2.37. The van der Waals surface area contributed by atoms with Gasteiger partial charge in [0.1, 0.15) is 0 Å². The average Bonchev–Trinajstić information content (AvgIpc) is 2.67. The van der Waals surface area contributed by atoms with Crippen molar-refractivity contribution < 1.29 is 0 Å². The van der Waals surface area contributed by atoms with Gasteiger partial charge in [0, 0.05) is 5.92 Å². The van der Waals surface area contributed by atoms with Crippen LogP contribution in [0.25, 0.3) is 0 Å². The summed E-state index contributed by atoms with van der Waals surface area (Å²) < 4.78 is 0. The smallest absolute Gasteiger partial charge is 0.0766 e. The molecule has 2 aromatic rings. The zero-order valence-corrected chi connectivity index (χ0v) is 18.5. The van der Waals surface area contributed by atoms with Crippen molar-refractivity contribution in [2.24, 2.45) is 5.92 Å². The largest absolute Gasteiger partial charge is 0.198 e. The van der Waals surface area contributed by atoms with Gasteiger partial charge >= 0.3 is 0 Å². The van der Waals surface area contributed by atoms with Crippen molar-refractivity contribution >= 4 is 0 Å². The topological polar surface area (TPSA) is 71.4 Å². The highest BCUT2D eigenvalue weighted by Gasteiger charge is 2.28. The highest BCUT2D eigenvalue weighted by atomic mass is 14.4. The minimum atomic E-state index is -0.609. The summed E-state index contributed by atoms with van der Waals surface area (Å²) in [5.74, 6) is -0.393. The standard InChI is InChI=1S/C26H29N3/c1-17-8-20(12-22(10-17)25(4,5)15-28)24(19(3)14-27)21-9-18(2)11-23(13-21)26(6,7)16-29/h8-13,19,24H,1-7H3. The normalized spacial score (nSPS) is 12.7. The monoisotopic (exact) mass is 383 g/mol. The molecule has 1 atom stereocenters. The van der Waals surface area contributed by atoms with Gasteiger partial charge in [-0.2, -0.15) is 15.8 Å². The quantitative estimate of drug-likeness (QED) is 0.617. The van der Waals surface area contributed by atoms with Crippen LogP contribution >= 0.6 is 0 Å². The fourth-order valence-electron chi connectivity index (χ4n) is 3.68. The van der Waals surface area contributed by atoms with Crippen LogP contribution in [-0.2, 0) is 10.8 Å². The van der Waals surface area contributed by atoms with Crippen molar-refractivity contribution in [2.45, 2.75) is 65.2 Å². The molecule has 0 N–H and O–H groups in total. The number of aryl methyl sites for hydroxylation is 2. The summed E-state index contributed by atoms with van der Waals surface area (Å²) in [5, 5.41) is 29.0. The second-order valence-corrected chi connectivity index (χ2v) is 9.13. The van der Waals surface area contributed by atoms with Gasteiger partial charge in [-0.1, -0.05) is 47.5 Å². The first kappa shape index (κ1) is 22.2. The molecule has 0 saturated heterocycles. The molecule has 0 saturated carbocycles. The van der Waals surface area contributed by atoms with Crippen LogP contribution in [0.15, 0.2) is 36.4 Å². The lowest BCUT2D eigenvalue weighted by molar-refractivity contribution is 0.623. The predicted octanol–water partition coefficient (Wildman–Crippen LogP) is 6.20. The molecular formula is C26H29N3. The maximum atomic E-state index is 9.76. The first-order chi connectivity index (χ1) is 13.4. The molecule has 0 heterocycles. The zero-order chi connectivity index (χ0) is 22.0. The number of benzene rings is 2. The molecule has 3 nitrogen and oxygen atoms in total. The van der Waals surface area contributed by atoms with Crippen LogP contribution in [-0.4, -0.2) is 0 Å². The molecule has 29 heavy (non-hydrogen) atoms. The second kappa shape index (κ2) is 8.11. The van der Waals surface area contributed by atoms with Crippen LogP contribution in [0.1, 0.15) is 73.9 Å². The van der Waals surface area contributed by atoms with E-state index in [1.807, 2.05) is 60.6 Å². The van der Waals surface area contributed by atoms with E-state index in [4.69, 9.17) is 0 Å².